The summed E-state index contributed by atoms with van der Waals surface area (Å²) in [5, 5.41) is 11.2. The van der Waals surface area contributed by atoms with Crippen molar-refractivity contribution in [2.75, 3.05) is 0 Å². The first kappa shape index (κ1) is 15.5. The zero-order chi connectivity index (χ0) is 15.6. The molecule has 0 fully saturated rings. The van der Waals surface area contributed by atoms with Crippen LogP contribution in [0, 0.1) is 10.1 Å². The highest BCUT2D eigenvalue weighted by Gasteiger charge is 2.19. The fourth-order valence-corrected chi connectivity index (χ4v) is 2.45. The first-order valence-corrected chi connectivity index (χ1v) is 6.98. The first-order valence-electron chi connectivity index (χ1n) is 5.81. The van der Waals surface area contributed by atoms with Gasteiger partial charge in [-0.1, -0.05) is 17.7 Å². The van der Waals surface area contributed by atoms with Gasteiger partial charge in [0.15, 0.2) is 5.78 Å². The molecule has 0 aliphatic carbocycles. The van der Waals surface area contributed by atoms with Gasteiger partial charge < -0.3 is 4.74 Å². The Balaban J connectivity index is 2.41. The molecule has 0 aliphatic heterocycles. The van der Waals surface area contributed by atoms with Crippen LogP contribution in [0.3, 0.4) is 0 Å². The number of benzene rings is 2. The number of carbonyl (C=O) groups excluding carboxylic acids is 1. The van der Waals surface area contributed by atoms with Crippen molar-refractivity contribution < 1.29 is 14.5 Å². The SMILES string of the molecule is CC(=O)c1ccc(Oc2c(Br)cccc2[N+](=O)[O-])cc1Cl. The average molecular weight is 371 g/mol. The van der Waals surface area contributed by atoms with Gasteiger partial charge in [0.25, 0.3) is 0 Å². The van der Waals surface area contributed by atoms with E-state index in [0.29, 0.717) is 15.8 Å². The Kier molecular flexibility index (Phi) is 4.59. The molecule has 0 unspecified atom stereocenters. The molecule has 2 rings (SSSR count). The van der Waals surface area contributed by atoms with Crippen LogP contribution < -0.4 is 4.74 Å². The molecule has 0 radical (unpaired) electrons. The van der Waals surface area contributed by atoms with E-state index in [4.69, 9.17) is 16.3 Å². The van der Waals surface area contributed by atoms with Crippen LogP contribution >= 0.6 is 27.5 Å². The molecule has 0 bridgehead atoms. The van der Waals surface area contributed by atoms with E-state index in [1.54, 1.807) is 12.1 Å². The van der Waals surface area contributed by atoms with E-state index < -0.39 is 4.92 Å². The van der Waals surface area contributed by atoms with Gasteiger partial charge in [-0.3, -0.25) is 14.9 Å². The predicted molar refractivity (Wildman–Crippen MR) is 82.3 cm³/mol. The summed E-state index contributed by atoms with van der Waals surface area (Å²) in [7, 11) is 0. The fraction of sp³-hybridized carbons (Fsp3) is 0.0714. The second-order valence-corrected chi connectivity index (χ2v) is 5.41. The number of rotatable bonds is 4. The summed E-state index contributed by atoms with van der Waals surface area (Å²) in [6, 6.07) is 9.01. The molecule has 0 atom stereocenters. The van der Waals surface area contributed by atoms with Crippen molar-refractivity contribution in [3.8, 4) is 11.5 Å². The van der Waals surface area contributed by atoms with E-state index in [9.17, 15) is 14.9 Å². The van der Waals surface area contributed by atoms with Crippen LogP contribution in [-0.2, 0) is 0 Å². The lowest BCUT2D eigenvalue weighted by molar-refractivity contribution is -0.385. The van der Waals surface area contributed by atoms with Gasteiger partial charge in [-0.15, -0.1) is 0 Å². The third-order valence-corrected chi connectivity index (χ3v) is 3.62. The maximum Gasteiger partial charge on any atom is 0.312 e. The van der Waals surface area contributed by atoms with Crippen molar-refractivity contribution >= 4 is 39.0 Å². The average Bonchev–Trinajstić information content (AvgIpc) is 2.40. The molecular formula is C14H9BrClNO4. The van der Waals surface area contributed by atoms with Gasteiger partial charge >= 0.3 is 5.69 Å². The molecule has 0 N–H and O–H groups in total. The van der Waals surface area contributed by atoms with Crippen LogP contribution in [0.4, 0.5) is 5.69 Å². The van der Waals surface area contributed by atoms with E-state index in [1.165, 1.54) is 31.2 Å². The van der Waals surface area contributed by atoms with Crippen molar-refractivity contribution in [1.29, 1.82) is 0 Å². The number of carbonyl (C=O) groups is 1. The number of para-hydroxylation sites is 1. The maximum atomic E-state index is 11.3. The van der Waals surface area contributed by atoms with E-state index in [1.807, 2.05) is 0 Å². The molecule has 0 aliphatic rings. The number of halogens is 2. The van der Waals surface area contributed by atoms with Crippen molar-refractivity contribution in [2.24, 2.45) is 0 Å². The first-order chi connectivity index (χ1) is 9.90. The van der Waals surface area contributed by atoms with Crippen LogP contribution in [0.5, 0.6) is 11.5 Å². The lowest BCUT2D eigenvalue weighted by Gasteiger charge is -2.09. The fourth-order valence-electron chi connectivity index (χ4n) is 1.70. The number of hydrogen-bond donors (Lipinski definition) is 0. The van der Waals surface area contributed by atoms with Gasteiger partial charge in [0.2, 0.25) is 5.75 Å². The second kappa shape index (κ2) is 6.24. The van der Waals surface area contributed by atoms with Gasteiger partial charge in [-0.05, 0) is 41.1 Å². The molecule has 0 heterocycles. The Labute approximate surface area is 133 Å². The smallest absolute Gasteiger partial charge is 0.312 e. The largest absolute Gasteiger partial charge is 0.449 e. The number of ether oxygens (including phenoxy) is 1. The summed E-state index contributed by atoms with van der Waals surface area (Å²) >= 11 is 9.20. The quantitative estimate of drug-likeness (QED) is 0.431. The minimum absolute atomic E-state index is 0.0779. The molecule has 0 saturated carbocycles. The molecule has 5 nitrogen and oxygen atoms in total. The van der Waals surface area contributed by atoms with Gasteiger partial charge in [0.1, 0.15) is 5.75 Å². The zero-order valence-electron chi connectivity index (χ0n) is 10.8. The number of hydrogen-bond acceptors (Lipinski definition) is 4. The van der Waals surface area contributed by atoms with Gasteiger partial charge in [0, 0.05) is 17.7 Å². The Hall–Kier alpha value is -1.92. The lowest BCUT2D eigenvalue weighted by Crippen LogP contribution is -1.96. The Morgan fingerprint density at radius 2 is 2.05 bits per heavy atom. The third kappa shape index (κ3) is 3.40. The number of nitro benzene ring substituents is 1. The topological polar surface area (TPSA) is 69.4 Å². The number of nitro groups is 1. The van der Waals surface area contributed by atoms with Gasteiger partial charge in [-0.2, -0.15) is 0 Å². The highest BCUT2D eigenvalue weighted by Crippen LogP contribution is 2.38. The second-order valence-electron chi connectivity index (χ2n) is 4.15. The van der Waals surface area contributed by atoms with E-state index in [2.05, 4.69) is 15.9 Å². The molecule has 0 spiro atoms. The molecule has 2 aromatic carbocycles. The van der Waals surface area contributed by atoms with Crippen LogP contribution in [-0.4, -0.2) is 10.7 Å². The minimum Gasteiger partial charge on any atom is -0.449 e. The Morgan fingerprint density at radius 3 is 2.62 bits per heavy atom. The van der Waals surface area contributed by atoms with Crippen LogP contribution in [0.15, 0.2) is 40.9 Å². The molecule has 0 saturated heterocycles. The van der Waals surface area contributed by atoms with Crippen molar-refractivity contribution in [1.82, 2.24) is 0 Å². The van der Waals surface area contributed by atoms with E-state index >= 15 is 0 Å². The normalized spacial score (nSPS) is 10.2. The predicted octanol–water partition coefficient (Wildman–Crippen LogP) is 5.01. The number of Topliss-reactive ketones (excluding diaryl/α,β-unsaturated/α-hetero) is 1. The molecule has 2 aromatic rings. The van der Waals surface area contributed by atoms with Crippen molar-refractivity contribution in [3.05, 3.63) is 61.6 Å². The van der Waals surface area contributed by atoms with Crippen LogP contribution in [0.25, 0.3) is 0 Å². The Morgan fingerprint density at radius 1 is 1.33 bits per heavy atom. The van der Waals surface area contributed by atoms with Crippen molar-refractivity contribution in [3.63, 3.8) is 0 Å². The Bertz CT molecular complexity index is 733. The van der Waals surface area contributed by atoms with Crippen molar-refractivity contribution in [2.45, 2.75) is 6.92 Å². The van der Waals surface area contributed by atoms with Gasteiger partial charge in [-0.25, -0.2) is 0 Å². The summed E-state index contributed by atoms with van der Waals surface area (Å²) in [4.78, 5) is 21.8. The summed E-state index contributed by atoms with van der Waals surface area (Å²) in [5.74, 6) is 0.215. The molecule has 108 valence electrons. The zero-order valence-corrected chi connectivity index (χ0v) is 13.1. The van der Waals surface area contributed by atoms with Crippen LogP contribution in [0.1, 0.15) is 17.3 Å². The summed E-state index contributed by atoms with van der Waals surface area (Å²) < 4.78 is 5.98. The summed E-state index contributed by atoms with van der Waals surface area (Å²) in [6.45, 7) is 1.40. The lowest BCUT2D eigenvalue weighted by atomic mass is 10.1. The molecular weight excluding hydrogens is 362 g/mol. The molecule has 7 heteroatoms. The van der Waals surface area contributed by atoms with E-state index in [0.717, 1.165) is 0 Å². The van der Waals surface area contributed by atoms with Gasteiger partial charge in [0.05, 0.1) is 14.4 Å². The minimum atomic E-state index is -0.536. The number of ketones is 1. The molecule has 0 amide bonds. The number of nitrogens with zero attached hydrogens (tertiary/aromatic N) is 1. The monoisotopic (exact) mass is 369 g/mol. The maximum absolute atomic E-state index is 11.3. The summed E-state index contributed by atoms with van der Waals surface area (Å²) in [6.07, 6.45) is 0. The summed E-state index contributed by atoms with van der Waals surface area (Å²) in [5.41, 5.74) is 0.196. The molecule has 21 heavy (non-hydrogen) atoms. The van der Waals surface area contributed by atoms with Crippen LogP contribution in [0.2, 0.25) is 5.02 Å². The standard InChI is InChI=1S/C14H9BrClNO4/c1-8(18)10-6-5-9(7-12(10)16)21-14-11(15)3-2-4-13(14)17(19)20/h2-7H,1H3. The third-order valence-electron chi connectivity index (χ3n) is 2.68. The highest BCUT2D eigenvalue weighted by molar-refractivity contribution is 9.10. The van der Waals surface area contributed by atoms with E-state index in [-0.39, 0.29) is 22.2 Å². The highest BCUT2D eigenvalue weighted by atomic mass is 79.9. The molecule has 0 aromatic heterocycles.